The molecule has 0 aliphatic carbocycles. The second-order valence-corrected chi connectivity index (χ2v) is 7.42. The third-order valence-electron chi connectivity index (χ3n) is 4.48. The van der Waals surface area contributed by atoms with E-state index in [0.29, 0.717) is 47.3 Å². The summed E-state index contributed by atoms with van der Waals surface area (Å²) >= 11 is 3.20. The minimum Gasteiger partial charge on any atom is -0.506 e. The van der Waals surface area contributed by atoms with Gasteiger partial charge in [-0.3, -0.25) is 19.7 Å². The molecule has 1 aliphatic heterocycles. The predicted octanol–water partition coefficient (Wildman–Crippen LogP) is 4.85. The highest BCUT2D eigenvalue weighted by molar-refractivity contribution is 9.10. The van der Waals surface area contributed by atoms with Crippen LogP contribution in [-0.4, -0.2) is 34.7 Å². The van der Waals surface area contributed by atoms with Crippen molar-refractivity contribution < 1.29 is 19.6 Å². The van der Waals surface area contributed by atoms with Gasteiger partial charge in [-0.1, -0.05) is 0 Å². The lowest BCUT2D eigenvalue weighted by Gasteiger charge is -2.30. The Morgan fingerprint density at radius 2 is 2.00 bits per heavy atom. The first-order valence-electron chi connectivity index (χ1n) is 8.76. The maximum atomic E-state index is 12.3. The minimum absolute atomic E-state index is 0.0479. The monoisotopic (exact) mass is 460 g/mol. The van der Waals surface area contributed by atoms with Crippen LogP contribution in [0.3, 0.4) is 0 Å². The molecule has 2 aromatic rings. The van der Waals surface area contributed by atoms with E-state index in [9.17, 15) is 24.8 Å². The van der Waals surface area contributed by atoms with Crippen molar-refractivity contribution in [2.75, 3.05) is 18.0 Å². The Balaban J connectivity index is 1.91. The smallest absolute Gasteiger partial charge is 0.270 e. The number of hydrogen-bond acceptors (Lipinski definition) is 8. The van der Waals surface area contributed by atoms with E-state index in [1.807, 2.05) is 4.90 Å². The lowest BCUT2D eigenvalue weighted by Crippen LogP contribution is -2.33. The molecule has 0 saturated heterocycles. The van der Waals surface area contributed by atoms with E-state index in [-0.39, 0.29) is 28.7 Å². The van der Waals surface area contributed by atoms with Crippen molar-refractivity contribution in [1.29, 1.82) is 0 Å². The van der Waals surface area contributed by atoms with Gasteiger partial charge in [-0.25, -0.2) is 0 Å². The van der Waals surface area contributed by atoms with E-state index in [2.05, 4.69) is 26.2 Å². The number of aromatic hydroxyl groups is 1. The molecule has 0 atom stereocenters. The standard InChI is InChI=1S/C19H17BrN4O5/c1-11(25)4-6-23-7-5-18(26)13-9-16(19(27)10-17(13)23)22-21-15-3-2-12(24(28)29)8-14(15)20/h2-3,8-10,27H,4-7H2,1H3. The molecule has 0 amide bonds. The maximum absolute atomic E-state index is 12.3. The quantitative estimate of drug-likeness (QED) is 0.372. The van der Waals surface area contributed by atoms with Crippen LogP contribution in [0.15, 0.2) is 45.0 Å². The van der Waals surface area contributed by atoms with E-state index < -0.39 is 4.92 Å². The molecule has 29 heavy (non-hydrogen) atoms. The molecule has 0 spiro atoms. The molecule has 9 nitrogen and oxygen atoms in total. The molecule has 0 bridgehead atoms. The number of rotatable bonds is 6. The molecule has 150 valence electrons. The topological polar surface area (TPSA) is 125 Å². The van der Waals surface area contributed by atoms with Crippen LogP contribution < -0.4 is 4.90 Å². The molecule has 0 fully saturated rings. The molecule has 0 radical (unpaired) electrons. The van der Waals surface area contributed by atoms with Gasteiger partial charge in [0, 0.05) is 49.7 Å². The number of non-ortho nitro benzene ring substituents is 1. The number of nitro groups is 1. The number of phenols is 1. The number of hydrogen-bond donors (Lipinski definition) is 1. The molecule has 1 aliphatic rings. The van der Waals surface area contributed by atoms with Gasteiger partial charge in [0.2, 0.25) is 0 Å². The first-order valence-corrected chi connectivity index (χ1v) is 9.56. The van der Waals surface area contributed by atoms with Gasteiger partial charge in [0.1, 0.15) is 22.9 Å². The molecular weight excluding hydrogens is 444 g/mol. The fourth-order valence-corrected chi connectivity index (χ4v) is 3.39. The average molecular weight is 461 g/mol. The van der Waals surface area contributed by atoms with E-state index >= 15 is 0 Å². The van der Waals surface area contributed by atoms with Gasteiger partial charge < -0.3 is 10.0 Å². The SMILES string of the molecule is CC(=O)CCN1CCC(=O)c2cc(N=Nc3ccc([N+](=O)[O-])cc3Br)c(O)cc21. The van der Waals surface area contributed by atoms with Crippen LogP contribution in [0, 0.1) is 10.1 Å². The normalized spacial score (nSPS) is 13.6. The summed E-state index contributed by atoms with van der Waals surface area (Å²) in [4.78, 5) is 35.8. The summed E-state index contributed by atoms with van der Waals surface area (Å²) in [6.45, 7) is 2.45. The first-order chi connectivity index (χ1) is 13.8. The largest absolute Gasteiger partial charge is 0.506 e. The van der Waals surface area contributed by atoms with Crippen LogP contribution >= 0.6 is 15.9 Å². The van der Waals surface area contributed by atoms with E-state index in [1.165, 1.54) is 37.3 Å². The van der Waals surface area contributed by atoms with Gasteiger partial charge in [0.05, 0.1) is 15.1 Å². The average Bonchev–Trinajstić information content (AvgIpc) is 2.66. The highest BCUT2D eigenvalue weighted by atomic mass is 79.9. The number of ketones is 2. The first kappa shape index (κ1) is 20.6. The van der Waals surface area contributed by atoms with Crippen molar-refractivity contribution in [1.82, 2.24) is 0 Å². The van der Waals surface area contributed by atoms with Gasteiger partial charge in [-0.05, 0) is 35.0 Å². The zero-order valence-electron chi connectivity index (χ0n) is 15.5. The van der Waals surface area contributed by atoms with Crippen molar-refractivity contribution in [3.8, 4) is 5.75 Å². The molecule has 0 unspecified atom stereocenters. The number of halogens is 1. The van der Waals surface area contributed by atoms with Crippen molar-refractivity contribution in [2.24, 2.45) is 10.2 Å². The van der Waals surface area contributed by atoms with Crippen LogP contribution in [0.5, 0.6) is 5.75 Å². The Kier molecular flexibility index (Phi) is 6.02. The molecule has 3 rings (SSSR count). The number of nitro benzene ring substituents is 1. The summed E-state index contributed by atoms with van der Waals surface area (Å²) in [5.41, 5.74) is 1.33. The second kappa shape index (κ2) is 8.48. The summed E-state index contributed by atoms with van der Waals surface area (Å²) in [6.07, 6.45) is 0.657. The number of carbonyl (C=O) groups is 2. The highest BCUT2D eigenvalue weighted by Crippen LogP contribution is 2.39. The van der Waals surface area contributed by atoms with Gasteiger partial charge in [-0.2, -0.15) is 0 Å². The molecule has 10 heteroatoms. The predicted molar refractivity (Wildman–Crippen MR) is 110 cm³/mol. The molecule has 0 aromatic heterocycles. The van der Waals surface area contributed by atoms with Crippen LogP contribution in [0.2, 0.25) is 0 Å². The zero-order chi connectivity index (χ0) is 21.1. The number of nitrogens with zero attached hydrogens (tertiary/aromatic N) is 4. The fourth-order valence-electron chi connectivity index (χ4n) is 2.95. The molecule has 1 N–H and O–H groups in total. The van der Waals surface area contributed by atoms with Gasteiger partial charge in [-0.15, -0.1) is 10.2 Å². The van der Waals surface area contributed by atoms with Crippen LogP contribution in [-0.2, 0) is 4.79 Å². The van der Waals surface area contributed by atoms with E-state index in [1.54, 1.807) is 0 Å². The third-order valence-corrected chi connectivity index (χ3v) is 5.12. The molecular formula is C19H17BrN4O5. The van der Waals surface area contributed by atoms with E-state index in [4.69, 9.17) is 0 Å². The number of benzene rings is 2. The van der Waals surface area contributed by atoms with Gasteiger partial charge in [0.15, 0.2) is 5.78 Å². The Labute approximate surface area is 174 Å². The Morgan fingerprint density at radius 1 is 1.28 bits per heavy atom. The number of fused-ring (bicyclic) bond motifs is 1. The summed E-state index contributed by atoms with van der Waals surface area (Å²) in [5.74, 6) is -0.188. The van der Waals surface area contributed by atoms with Crippen LogP contribution in [0.4, 0.5) is 22.7 Å². The number of azo groups is 1. The van der Waals surface area contributed by atoms with Crippen LogP contribution in [0.25, 0.3) is 0 Å². The van der Waals surface area contributed by atoms with Crippen molar-refractivity contribution in [3.05, 3.63) is 50.5 Å². The van der Waals surface area contributed by atoms with Gasteiger partial charge >= 0.3 is 0 Å². The van der Waals surface area contributed by atoms with E-state index in [0.717, 1.165) is 0 Å². The lowest BCUT2D eigenvalue weighted by atomic mass is 9.99. The molecule has 1 heterocycles. The Morgan fingerprint density at radius 3 is 2.66 bits per heavy atom. The van der Waals surface area contributed by atoms with Gasteiger partial charge in [0.25, 0.3) is 5.69 Å². The summed E-state index contributed by atoms with van der Waals surface area (Å²) in [6, 6.07) is 6.94. The molecule has 0 saturated carbocycles. The van der Waals surface area contributed by atoms with Crippen LogP contribution in [0.1, 0.15) is 30.1 Å². The van der Waals surface area contributed by atoms with Crippen molar-refractivity contribution in [2.45, 2.75) is 19.8 Å². The second-order valence-electron chi connectivity index (χ2n) is 6.56. The number of phenolic OH excluding ortho intramolecular Hbond substituents is 1. The molecule has 2 aromatic carbocycles. The highest BCUT2D eigenvalue weighted by Gasteiger charge is 2.25. The number of carbonyl (C=O) groups excluding carboxylic acids is 2. The van der Waals surface area contributed by atoms with Crippen molar-refractivity contribution in [3.63, 3.8) is 0 Å². The summed E-state index contributed by atoms with van der Waals surface area (Å²) in [5, 5.41) is 29.2. The van der Waals surface area contributed by atoms with Crippen molar-refractivity contribution >= 4 is 50.2 Å². The summed E-state index contributed by atoms with van der Waals surface area (Å²) < 4.78 is 0.374. The lowest BCUT2D eigenvalue weighted by molar-refractivity contribution is -0.384. The fraction of sp³-hybridized carbons (Fsp3) is 0.263. The number of Topliss-reactive ketones (excluding diaryl/α,β-unsaturated/α-hetero) is 2. The Bertz CT molecular complexity index is 1040. The maximum Gasteiger partial charge on any atom is 0.270 e. The number of anilines is 1. The zero-order valence-corrected chi connectivity index (χ0v) is 17.0. The Hall–Kier alpha value is -3.14. The minimum atomic E-state index is -0.523. The third kappa shape index (κ3) is 4.65. The summed E-state index contributed by atoms with van der Waals surface area (Å²) in [7, 11) is 0.